The number of amides is 1. The molecule has 6 heteroatoms. The molecule has 1 fully saturated rings. The Bertz CT molecular complexity index is 1200. The fraction of sp³-hybridized carbons (Fsp3) is 0.154. The zero-order valence-corrected chi connectivity index (χ0v) is 19.3. The summed E-state index contributed by atoms with van der Waals surface area (Å²) in [4.78, 5) is 20.7. The van der Waals surface area contributed by atoms with Gasteiger partial charge >= 0.3 is 0 Å². The number of aliphatic imine (C=N–C) groups is 1. The number of thioether (sulfide) groups is 1. The average molecular weight is 445 g/mol. The summed E-state index contributed by atoms with van der Waals surface area (Å²) in [5.41, 5.74) is 4.54. The highest BCUT2D eigenvalue weighted by atomic mass is 32.2. The van der Waals surface area contributed by atoms with Gasteiger partial charge in [0.2, 0.25) is 0 Å². The lowest BCUT2D eigenvalue weighted by atomic mass is 10.1. The molecule has 0 unspecified atom stereocenters. The summed E-state index contributed by atoms with van der Waals surface area (Å²) in [5.74, 6) is 1.23. The second-order valence-corrected chi connectivity index (χ2v) is 8.34. The van der Waals surface area contributed by atoms with Gasteiger partial charge in [-0.2, -0.15) is 0 Å². The smallest absolute Gasteiger partial charge is 0.271 e. The highest BCUT2D eigenvalue weighted by Gasteiger charge is 2.35. The first-order valence-electron chi connectivity index (χ1n) is 10.2. The number of carbonyl (C=O) groups is 1. The van der Waals surface area contributed by atoms with Crippen LogP contribution in [0, 0.1) is 13.8 Å². The zero-order chi connectivity index (χ0) is 22.7. The summed E-state index contributed by atoms with van der Waals surface area (Å²) in [6, 6.07) is 21.2. The summed E-state index contributed by atoms with van der Waals surface area (Å²) in [6.07, 6.45) is 1.83. The van der Waals surface area contributed by atoms with Crippen molar-refractivity contribution in [3.63, 3.8) is 0 Å². The maximum absolute atomic E-state index is 13.5. The Morgan fingerprint density at radius 2 is 1.62 bits per heavy atom. The Hall–Kier alpha value is -3.51. The minimum Gasteiger partial charge on any atom is -0.497 e. The number of hydrogen-bond donors (Lipinski definition) is 0. The topological polar surface area (TPSA) is 51.1 Å². The van der Waals surface area contributed by atoms with Crippen molar-refractivity contribution in [3.8, 4) is 11.5 Å². The van der Waals surface area contributed by atoms with Crippen molar-refractivity contribution in [2.45, 2.75) is 13.8 Å². The molecule has 0 bridgehead atoms. The summed E-state index contributed by atoms with van der Waals surface area (Å²) in [6.45, 7) is 4.05. The molecule has 3 aromatic carbocycles. The summed E-state index contributed by atoms with van der Waals surface area (Å²) in [7, 11) is 3.22. The second kappa shape index (κ2) is 9.32. The van der Waals surface area contributed by atoms with Crippen LogP contribution in [0.4, 0.5) is 11.4 Å². The van der Waals surface area contributed by atoms with Crippen LogP contribution in [0.1, 0.15) is 16.7 Å². The van der Waals surface area contributed by atoms with Crippen LogP contribution >= 0.6 is 11.8 Å². The van der Waals surface area contributed by atoms with Crippen molar-refractivity contribution in [2.24, 2.45) is 4.99 Å². The SMILES string of the molecule is COc1ccc(OC)c(/C=C2\SC(=Nc3c(C)cccc3C)N(c3ccccc3)C2=O)c1. The van der Waals surface area contributed by atoms with Gasteiger partial charge in [0.25, 0.3) is 5.91 Å². The molecule has 5 nitrogen and oxygen atoms in total. The summed E-state index contributed by atoms with van der Waals surface area (Å²) >= 11 is 1.35. The van der Waals surface area contributed by atoms with Gasteiger partial charge < -0.3 is 9.47 Å². The zero-order valence-electron chi connectivity index (χ0n) is 18.5. The molecule has 0 aromatic heterocycles. The van der Waals surface area contributed by atoms with E-state index in [1.54, 1.807) is 19.1 Å². The first kappa shape index (κ1) is 21.7. The standard InChI is InChI=1S/C26H24N2O3S/c1-17-9-8-10-18(2)24(17)27-26-28(20-11-6-5-7-12-20)25(29)23(32-26)16-19-15-21(30-3)13-14-22(19)31-4/h5-16H,1-4H3/b23-16-,27-26?. The maximum atomic E-state index is 13.5. The van der Waals surface area contributed by atoms with E-state index in [9.17, 15) is 4.79 Å². The first-order chi connectivity index (χ1) is 15.5. The highest BCUT2D eigenvalue weighted by Crippen LogP contribution is 2.39. The minimum absolute atomic E-state index is 0.129. The number of amidine groups is 1. The van der Waals surface area contributed by atoms with Gasteiger partial charge in [0, 0.05) is 5.56 Å². The third-order valence-electron chi connectivity index (χ3n) is 5.19. The minimum atomic E-state index is -0.129. The van der Waals surface area contributed by atoms with Crippen molar-refractivity contribution >= 4 is 40.3 Å². The van der Waals surface area contributed by atoms with Crippen LogP contribution in [0.5, 0.6) is 11.5 Å². The van der Waals surface area contributed by atoms with E-state index in [0.29, 0.717) is 21.6 Å². The molecule has 1 aliphatic rings. The molecular weight excluding hydrogens is 420 g/mol. The number of ether oxygens (including phenoxy) is 2. The molecule has 0 N–H and O–H groups in total. The van der Waals surface area contributed by atoms with Gasteiger partial charge in [-0.25, -0.2) is 4.99 Å². The van der Waals surface area contributed by atoms with Crippen molar-refractivity contribution in [2.75, 3.05) is 19.1 Å². The monoisotopic (exact) mass is 444 g/mol. The number of benzene rings is 3. The normalized spacial score (nSPS) is 16.1. The van der Waals surface area contributed by atoms with Crippen LogP contribution in [-0.2, 0) is 4.79 Å². The number of rotatable bonds is 5. The first-order valence-corrected chi connectivity index (χ1v) is 11.0. The van der Waals surface area contributed by atoms with E-state index in [-0.39, 0.29) is 5.91 Å². The number of para-hydroxylation sites is 2. The Morgan fingerprint density at radius 1 is 0.906 bits per heavy atom. The Balaban J connectivity index is 1.84. The fourth-order valence-electron chi connectivity index (χ4n) is 3.52. The van der Waals surface area contributed by atoms with Crippen LogP contribution < -0.4 is 14.4 Å². The molecule has 0 radical (unpaired) electrons. The lowest BCUT2D eigenvalue weighted by Crippen LogP contribution is -2.28. The van der Waals surface area contributed by atoms with E-state index in [2.05, 4.69) is 0 Å². The van der Waals surface area contributed by atoms with Crippen molar-refractivity contribution < 1.29 is 14.3 Å². The molecule has 162 valence electrons. The van der Waals surface area contributed by atoms with Gasteiger partial charge in [0.1, 0.15) is 11.5 Å². The van der Waals surface area contributed by atoms with Crippen LogP contribution in [0.3, 0.4) is 0 Å². The van der Waals surface area contributed by atoms with E-state index in [4.69, 9.17) is 14.5 Å². The third kappa shape index (κ3) is 4.27. The largest absolute Gasteiger partial charge is 0.497 e. The van der Waals surface area contributed by atoms with Crippen LogP contribution in [0.2, 0.25) is 0 Å². The van der Waals surface area contributed by atoms with E-state index in [0.717, 1.165) is 28.1 Å². The quantitative estimate of drug-likeness (QED) is 0.444. The molecule has 0 atom stereocenters. The van der Waals surface area contributed by atoms with Crippen LogP contribution in [-0.4, -0.2) is 25.3 Å². The second-order valence-electron chi connectivity index (χ2n) is 7.33. The lowest BCUT2D eigenvalue weighted by Gasteiger charge is -2.16. The molecule has 4 rings (SSSR count). The van der Waals surface area contributed by atoms with Crippen molar-refractivity contribution in [1.82, 2.24) is 0 Å². The average Bonchev–Trinajstić information content (AvgIpc) is 3.11. The number of hydrogen-bond acceptors (Lipinski definition) is 5. The molecular formula is C26H24N2O3S. The van der Waals surface area contributed by atoms with Gasteiger partial charge in [0.05, 0.1) is 30.5 Å². The molecule has 32 heavy (non-hydrogen) atoms. The molecule has 1 heterocycles. The molecule has 1 saturated heterocycles. The summed E-state index contributed by atoms with van der Waals surface area (Å²) in [5, 5.41) is 0.617. The van der Waals surface area contributed by atoms with E-state index in [1.807, 2.05) is 86.7 Å². The fourth-order valence-corrected chi connectivity index (χ4v) is 4.50. The molecule has 1 aliphatic heterocycles. The van der Waals surface area contributed by atoms with E-state index >= 15 is 0 Å². The van der Waals surface area contributed by atoms with Gasteiger partial charge in [-0.05, 0) is 73.1 Å². The molecule has 1 amide bonds. The van der Waals surface area contributed by atoms with Gasteiger partial charge in [-0.3, -0.25) is 9.69 Å². The van der Waals surface area contributed by atoms with Crippen LogP contribution in [0.25, 0.3) is 6.08 Å². The van der Waals surface area contributed by atoms with Crippen molar-refractivity contribution in [1.29, 1.82) is 0 Å². The Kier molecular flexibility index (Phi) is 6.32. The van der Waals surface area contributed by atoms with Gasteiger partial charge in [-0.15, -0.1) is 0 Å². The number of methoxy groups -OCH3 is 2. The lowest BCUT2D eigenvalue weighted by molar-refractivity contribution is -0.113. The number of carbonyl (C=O) groups excluding carboxylic acids is 1. The number of nitrogens with zero attached hydrogens (tertiary/aromatic N) is 2. The highest BCUT2D eigenvalue weighted by molar-refractivity contribution is 8.19. The Labute approximate surface area is 192 Å². The predicted molar refractivity (Wildman–Crippen MR) is 132 cm³/mol. The maximum Gasteiger partial charge on any atom is 0.271 e. The van der Waals surface area contributed by atoms with Gasteiger partial charge in [-0.1, -0.05) is 36.4 Å². The third-order valence-corrected chi connectivity index (χ3v) is 6.16. The number of anilines is 1. The molecule has 3 aromatic rings. The Morgan fingerprint density at radius 3 is 2.28 bits per heavy atom. The van der Waals surface area contributed by atoms with Crippen molar-refractivity contribution in [3.05, 3.63) is 88.3 Å². The predicted octanol–water partition coefficient (Wildman–Crippen LogP) is 6.13. The van der Waals surface area contributed by atoms with E-state index < -0.39 is 0 Å². The molecule has 0 aliphatic carbocycles. The van der Waals surface area contributed by atoms with Crippen LogP contribution in [0.15, 0.2) is 76.6 Å². The molecule has 0 spiro atoms. The number of aryl methyl sites for hydroxylation is 2. The van der Waals surface area contributed by atoms with E-state index in [1.165, 1.54) is 11.8 Å². The summed E-state index contributed by atoms with van der Waals surface area (Å²) < 4.78 is 10.8. The molecule has 0 saturated carbocycles. The van der Waals surface area contributed by atoms with Gasteiger partial charge in [0.15, 0.2) is 5.17 Å².